The van der Waals surface area contributed by atoms with Crippen LogP contribution in [0.15, 0.2) is 52.6 Å². The molecule has 0 saturated heterocycles. The molecule has 4 atom stereocenters. The molecule has 0 bridgehead atoms. The van der Waals surface area contributed by atoms with Gasteiger partial charge in [-0.1, -0.05) is 51.7 Å². The summed E-state index contributed by atoms with van der Waals surface area (Å²) in [4.78, 5) is 33.4. The van der Waals surface area contributed by atoms with Crippen LogP contribution in [0, 0.1) is 0 Å². The second-order valence-electron chi connectivity index (χ2n) is 14.1. The average Bonchev–Trinajstić information content (AvgIpc) is 3.05. The summed E-state index contributed by atoms with van der Waals surface area (Å²) in [5, 5.41) is 26.4. The molecule has 0 saturated carbocycles. The van der Waals surface area contributed by atoms with Crippen LogP contribution in [0.1, 0.15) is 92.7 Å². The van der Waals surface area contributed by atoms with E-state index >= 15 is 0 Å². The molecule has 2 heterocycles. The topological polar surface area (TPSA) is 235 Å². The van der Waals surface area contributed by atoms with E-state index in [1.165, 1.54) is 30.5 Å². The zero-order chi connectivity index (χ0) is 39.2. The van der Waals surface area contributed by atoms with E-state index < -0.39 is 74.3 Å². The van der Waals surface area contributed by atoms with E-state index in [-0.39, 0.29) is 23.0 Å². The summed E-state index contributed by atoms with van der Waals surface area (Å²) >= 11 is 0. The maximum absolute atomic E-state index is 13.2. The molecule has 2 aromatic heterocycles. The lowest BCUT2D eigenvalue weighted by Crippen LogP contribution is -2.50. The van der Waals surface area contributed by atoms with Crippen molar-refractivity contribution in [3.63, 3.8) is 0 Å². The van der Waals surface area contributed by atoms with Gasteiger partial charge >= 0.3 is 12.2 Å². The van der Waals surface area contributed by atoms with E-state index in [0.29, 0.717) is 31.4 Å². The van der Waals surface area contributed by atoms with Gasteiger partial charge in [0.25, 0.3) is 20.0 Å². The van der Waals surface area contributed by atoms with E-state index in [9.17, 15) is 36.6 Å². The van der Waals surface area contributed by atoms with Gasteiger partial charge in [-0.25, -0.2) is 45.8 Å². The highest BCUT2D eigenvalue weighted by atomic mass is 32.2. The standard InChI is InChI=1S/C34H56N6O10S2/c1-8-10-16-25(39-31(43)49-33(3,4)5)28(42)23-37-52(47,48)30-19-14-15-24(38-30)21-34(6,7)50-32(44)40-26(17-11-9-2)27(41)22-36-51(45,46)29-18-12-13-20-35-29/h12-15,18-20,25-28,36-37,41-42H,8-11,16-17,21-23H2,1-7H3,(H,39,43)(H,40,44)/t25-,26-,27+,28-/m0/s1. The average molecular weight is 773 g/mol. The number of hydrogen-bond acceptors (Lipinski definition) is 12. The van der Waals surface area contributed by atoms with Gasteiger partial charge in [0.1, 0.15) is 11.2 Å². The van der Waals surface area contributed by atoms with Crippen LogP contribution in [0.5, 0.6) is 0 Å². The molecule has 0 aliphatic carbocycles. The number of nitrogens with zero attached hydrogens (tertiary/aromatic N) is 2. The Morgan fingerprint density at radius 2 is 1.25 bits per heavy atom. The first kappa shape index (κ1) is 44.7. The van der Waals surface area contributed by atoms with Crippen LogP contribution in [0.25, 0.3) is 0 Å². The minimum absolute atomic E-state index is 0.0113. The van der Waals surface area contributed by atoms with E-state index in [4.69, 9.17) is 9.47 Å². The number of pyridine rings is 2. The third-order valence-electron chi connectivity index (χ3n) is 7.58. The van der Waals surface area contributed by atoms with Crippen molar-refractivity contribution in [2.24, 2.45) is 0 Å². The van der Waals surface area contributed by atoms with Crippen molar-refractivity contribution >= 4 is 32.2 Å². The van der Waals surface area contributed by atoms with E-state index in [1.807, 2.05) is 13.8 Å². The first-order valence-corrected chi connectivity index (χ1v) is 20.4. The maximum atomic E-state index is 13.2. The first-order chi connectivity index (χ1) is 24.2. The largest absolute Gasteiger partial charge is 0.444 e. The number of alkyl carbamates (subject to hydrolysis) is 2. The number of ether oxygens (including phenoxy) is 2. The minimum Gasteiger partial charge on any atom is -0.444 e. The molecule has 52 heavy (non-hydrogen) atoms. The Balaban J connectivity index is 2.05. The van der Waals surface area contributed by atoms with Crippen LogP contribution in [0.3, 0.4) is 0 Å². The molecule has 0 aromatic carbocycles. The fourth-order valence-electron chi connectivity index (χ4n) is 4.97. The quantitative estimate of drug-likeness (QED) is 0.107. The molecule has 2 amide bonds. The third-order valence-corrected chi connectivity index (χ3v) is 10.2. The van der Waals surface area contributed by atoms with Crippen molar-refractivity contribution in [3.8, 4) is 0 Å². The number of aromatic nitrogens is 2. The molecular formula is C34H56N6O10S2. The summed E-state index contributed by atoms with van der Waals surface area (Å²) in [6.07, 6.45) is 0.818. The second kappa shape index (κ2) is 20.1. The number of carbonyl (C=O) groups is 2. The number of unbranched alkanes of at least 4 members (excludes halogenated alkanes) is 2. The molecule has 0 aliphatic heterocycles. The number of nitrogens with one attached hydrogen (secondary N) is 4. The highest BCUT2D eigenvalue weighted by Gasteiger charge is 2.30. The van der Waals surface area contributed by atoms with Crippen molar-refractivity contribution in [3.05, 3.63) is 48.3 Å². The molecule has 0 spiro atoms. The maximum Gasteiger partial charge on any atom is 0.407 e. The van der Waals surface area contributed by atoms with Crippen LogP contribution >= 0.6 is 0 Å². The number of amides is 2. The van der Waals surface area contributed by atoms with Gasteiger partial charge in [-0.2, -0.15) is 0 Å². The predicted molar refractivity (Wildman–Crippen MR) is 194 cm³/mol. The van der Waals surface area contributed by atoms with Crippen molar-refractivity contribution in [2.45, 2.75) is 139 Å². The fraction of sp³-hybridized carbons (Fsp3) is 0.647. The Hall–Kier alpha value is -3.42. The molecule has 0 aliphatic rings. The fourth-order valence-corrected chi connectivity index (χ4v) is 7.00. The van der Waals surface area contributed by atoms with Gasteiger partial charge in [-0.05, 0) is 71.7 Å². The smallest absolute Gasteiger partial charge is 0.407 e. The number of hydrogen-bond donors (Lipinski definition) is 6. The Labute approximate surface area is 308 Å². The van der Waals surface area contributed by atoms with Gasteiger partial charge in [-0.15, -0.1) is 0 Å². The molecule has 6 N–H and O–H groups in total. The van der Waals surface area contributed by atoms with Crippen molar-refractivity contribution in [2.75, 3.05) is 13.1 Å². The summed E-state index contributed by atoms with van der Waals surface area (Å²) in [7, 11) is -8.19. The van der Waals surface area contributed by atoms with Crippen LogP contribution in [-0.4, -0.2) is 97.8 Å². The van der Waals surface area contributed by atoms with Gasteiger partial charge in [0.05, 0.1) is 24.3 Å². The number of carbonyl (C=O) groups excluding carboxylic acids is 2. The number of aliphatic hydroxyl groups excluding tert-OH is 2. The minimum atomic E-state index is -4.20. The summed E-state index contributed by atoms with van der Waals surface area (Å²) in [5.74, 6) is 0. The molecule has 2 rings (SSSR count). The molecule has 0 radical (unpaired) electrons. The van der Waals surface area contributed by atoms with E-state index in [1.54, 1.807) is 46.8 Å². The lowest BCUT2D eigenvalue weighted by molar-refractivity contribution is 0.0296. The van der Waals surface area contributed by atoms with Gasteiger partial charge in [0, 0.05) is 31.4 Å². The predicted octanol–water partition coefficient (Wildman–Crippen LogP) is 3.14. The van der Waals surface area contributed by atoms with Gasteiger partial charge in [0.2, 0.25) is 0 Å². The van der Waals surface area contributed by atoms with Gasteiger partial charge in [-0.3, -0.25) is 0 Å². The summed E-state index contributed by atoms with van der Waals surface area (Å²) in [5.41, 5.74) is -1.65. The van der Waals surface area contributed by atoms with E-state index in [0.717, 1.165) is 12.8 Å². The Bertz CT molecular complexity index is 1640. The zero-order valence-electron chi connectivity index (χ0n) is 31.1. The molecule has 16 nitrogen and oxygen atoms in total. The van der Waals surface area contributed by atoms with Gasteiger partial charge in [0.15, 0.2) is 10.1 Å². The number of rotatable bonds is 21. The second-order valence-corrected chi connectivity index (χ2v) is 17.5. The summed E-state index contributed by atoms with van der Waals surface area (Å²) in [6.45, 7) is 11.4. The van der Waals surface area contributed by atoms with Crippen LogP contribution in [-0.2, 0) is 35.9 Å². The summed E-state index contributed by atoms with van der Waals surface area (Å²) in [6, 6.07) is 7.15. The Morgan fingerprint density at radius 1 is 0.750 bits per heavy atom. The van der Waals surface area contributed by atoms with E-state index in [2.05, 4.69) is 30.0 Å². The highest BCUT2D eigenvalue weighted by molar-refractivity contribution is 7.89. The van der Waals surface area contributed by atoms with Crippen LogP contribution < -0.4 is 20.1 Å². The molecule has 294 valence electrons. The Morgan fingerprint density at radius 3 is 1.73 bits per heavy atom. The third kappa shape index (κ3) is 16.1. The monoisotopic (exact) mass is 772 g/mol. The first-order valence-electron chi connectivity index (χ1n) is 17.4. The molecule has 0 unspecified atom stereocenters. The van der Waals surface area contributed by atoms with Crippen molar-refractivity contribution < 1.29 is 46.1 Å². The lowest BCUT2D eigenvalue weighted by Gasteiger charge is -2.29. The molecule has 2 aromatic rings. The van der Waals surface area contributed by atoms with Crippen LogP contribution in [0.2, 0.25) is 0 Å². The Kier molecular flexibility index (Phi) is 17.3. The SMILES string of the molecule is CCCC[C@H](NC(=O)OC(C)(C)Cc1cccc(S(=O)(=O)NC[C@H](O)[C@H](CCCC)NC(=O)OC(C)(C)C)n1)[C@H](O)CNS(=O)(=O)c1ccccn1. The molecular weight excluding hydrogens is 717 g/mol. The zero-order valence-corrected chi connectivity index (χ0v) is 32.7. The number of sulfonamides is 2. The molecule has 18 heteroatoms. The lowest BCUT2D eigenvalue weighted by atomic mass is 10.0. The van der Waals surface area contributed by atoms with Gasteiger partial charge < -0.3 is 30.3 Å². The van der Waals surface area contributed by atoms with Crippen molar-refractivity contribution in [1.82, 2.24) is 30.0 Å². The van der Waals surface area contributed by atoms with Crippen molar-refractivity contribution in [1.29, 1.82) is 0 Å². The highest BCUT2D eigenvalue weighted by Crippen LogP contribution is 2.19. The normalized spacial score (nSPS) is 14.9. The molecule has 0 fully saturated rings. The summed E-state index contributed by atoms with van der Waals surface area (Å²) < 4.78 is 67.1. The van der Waals surface area contributed by atoms with Crippen LogP contribution in [0.4, 0.5) is 9.59 Å². The number of aliphatic hydroxyl groups is 2.